The van der Waals surface area contributed by atoms with E-state index in [2.05, 4.69) is 47.2 Å². The number of benzene rings is 1. The Morgan fingerprint density at radius 3 is 2.78 bits per heavy atom. The van der Waals surface area contributed by atoms with Crippen LogP contribution in [0.5, 0.6) is 0 Å². The summed E-state index contributed by atoms with van der Waals surface area (Å²) in [5.41, 5.74) is 8.51. The number of anilines is 2. The first-order valence-electron chi connectivity index (χ1n) is 10.1. The number of fused-ring (bicyclic) bond motifs is 1. The monoisotopic (exact) mass is 367 g/mol. The Balaban J connectivity index is 1.28. The zero-order valence-corrected chi connectivity index (χ0v) is 16.2. The van der Waals surface area contributed by atoms with Gasteiger partial charge in [-0.3, -0.25) is 0 Å². The van der Waals surface area contributed by atoms with E-state index in [1.54, 1.807) is 0 Å². The van der Waals surface area contributed by atoms with E-state index < -0.39 is 0 Å². The lowest BCUT2D eigenvalue weighted by molar-refractivity contribution is -0.0281. The van der Waals surface area contributed by atoms with Gasteiger partial charge in [0.25, 0.3) is 0 Å². The molecule has 6 nitrogen and oxygen atoms in total. The smallest absolute Gasteiger partial charge is 0.226 e. The van der Waals surface area contributed by atoms with Gasteiger partial charge in [0.05, 0.1) is 17.7 Å². The molecule has 27 heavy (non-hydrogen) atoms. The number of nitrogens with zero attached hydrogens (tertiary/aromatic N) is 3. The molecule has 3 aliphatic rings. The minimum atomic E-state index is -0.158. The summed E-state index contributed by atoms with van der Waals surface area (Å²) < 4.78 is 5.79. The summed E-state index contributed by atoms with van der Waals surface area (Å²) in [6.07, 6.45) is 6.86. The van der Waals surface area contributed by atoms with Crippen molar-refractivity contribution < 1.29 is 4.74 Å². The highest BCUT2D eigenvalue weighted by Gasteiger charge is 2.51. The molecule has 1 spiro atoms. The summed E-state index contributed by atoms with van der Waals surface area (Å²) in [5.74, 6) is 0.793. The van der Waals surface area contributed by atoms with Crippen LogP contribution in [0.25, 0.3) is 10.9 Å². The Kier molecular flexibility index (Phi) is 3.85. The van der Waals surface area contributed by atoms with Crippen LogP contribution < -0.4 is 16.0 Å². The molecule has 2 aromatic rings. The van der Waals surface area contributed by atoms with E-state index in [-0.39, 0.29) is 5.60 Å². The number of nitrogens with one attached hydrogen (secondary N) is 1. The molecule has 3 N–H and O–H groups in total. The predicted molar refractivity (Wildman–Crippen MR) is 108 cm³/mol. The molecule has 1 aliphatic heterocycles. The molecule has 2 heterocycles. The van der Waals surface area contributed by atoms with E-state index in [9.17, 15) is 0 Å². The molecular formula is C21H29N5O. The van der Waals surface area contributed by atoms with Crippen LogP contribution in [-0.4, -0.2) is 47.3 Å². The van der Waals surface area contributed by atoms with Crippen molar-refractivity contribution in [3.05, 3.63) is 24.4 Å². The van der Waals surface area contributed by atoms with Crippen molar-refractivity contribution in [3.63, 3.8) is 0 Å². The van der Waals surface area contributed by atoms with Crippen LogP contribution in [-0.2, 0) is 4.74 Å². The van der Waals surface area contributed by atoms with Crippen molar-refractivity contribution in [3.8, 4) is 0 Å². The van der Waals surface area contributed by atoms with Gasteiger partial charge in [-0.05, 0) is 63.1 Å². The highest BCUT2D eigenvalue weighted by molar-refractivity contribution is 5.82. The fourth-order valence-electron chi connectivity index (χ4n) is 5.16. The summed E-state index contributed by atoms with van der Waals surface area (Å²) in [6, 6.07) is 7.42. The Labute approximate surface area is 160 Å². The third-order valence-electron chi connectivity index (χ3n) is 6.40. The predicted octanol–water partition coefficient (Wildman–Crippen LogP) is 2.93. The van der Waals surface area contributed by atoms with Gasteiger partial charge in [0.2, 0.25) is 5.95 Å². The van der Waals surface area contributed by atoms with Crippen molar-refractivity contribution in [2.75, 3.05) is 29.9 Å². The summed E-state index contributed by atoms with van der Waals surface area (Å²) in [6.45, 7) is 6.58. The fourth-order valence-corrected chi connectivity index (χ4v) is 5.16. The van der Waals surface area contributed by atoms with Crippen molar-refractivity contribution >= 4 is 22.5 Å². The number of morpholine rings is 1. The largest absolute Gasteiger partial charge is 0.382 e. The van der Waals surface area contributed by atoms with Crippen LogP contribution in [0, 0.1) is 5.41 Å². The second kappa shape index (κ2) is 6.04. The van der Waals surface area contributed by atoms with Crippen molar-refractivity contribution in [2.45, 2.75) is 57.2 Å². The zero-order valence-electron chi connectivity index (χ0n) is 16.2. The average molecular weight is 367 g/mol. The van der Waals surface area contributed by atoms with E-state index in [4.69, 9.17) is 15.5 Å². The highest BCUT2D eigenvalue weighted by atomic mass is 16.5. The molecule has 1 aromatic heterocycles. The molecule has 3 fully saturated rings. The van der Waals surface area contributed by atoms with Crippen molar-refractivity contribution in [1.82, 2.24) is 9.97 Å². The number of nitrogens with two attached hydrogens (primary N) is 1. The molecule has 0 amide bonds. The van der Waals surface area contributed by atoms with Crippen LogP contribution in [0.4, 0.5) is 11.6 Å². The van der Waals surface area contributed by atoms with Crippen LogP contribution in [0.2, 0.25) is 0 Å². The van der Waals surface area contributed by atoms with Gasteiger partial charge in [-0.1, -0.05) is 0 Å². The van der Waals surface area contributed by atoms with E-state index in [1.807, 2.05) is 6.20 Å². The van der Waals surface area contributed by atoms with Gasteiger partial charge in [0, 0.05) is 42.4 Å². The van der Waals surface area contributed by atoms with Gasteiger partial charge < -0.3 is 20.7 Å². The van der Waals surface area contributed by atoms with Crippen molar-refractivity contribution in [2.24, 2.45) is 11.1 Å². The minimum Gasteiger partial charge on any atom is -0.382 e. The Morgan fingerprint density at radius 1 is 1.22 bits per heavy atom. The lowest BCUT2D eigenvalue weighted by Crippen LogP contribution is -2.57. The number of ether oxygens (including phenoxy) is 1. The minimum absolute atomic E-state index is 0.158. The third kappa shape index (κ3) is 3.25. The number of aromatic nitrogens is 2. The zero-order chi connectivity index (χ0) is 18.6. The van der Waals surface area contributed by atoms with Crippen LogP contribution >= 0.6 is 0 Å². The average Bonchev–Trinajstić information content (AvgIpc) is 2.57. The topological polar surface area (TPSA) is 76.3 Å². The molecular weight excluding hydrogens is 338 g/mol. The first-order valence-corrected chi connectivity index (χ1v) is 10.1. The standard InChI is InChI=1S/C21H29N5O/c1-20(2)13-26(5-6-27-20)19-23-12-14-7-16(3-4-18(14)25-19)24-17-10-21(11-17)8-15(22)9-21/h3-4,7,12,15,17,24H,5-6,8-11,13,22H2,1-2H3. The second-order valence-electron chi connectivity index (χ2n) is 9.39. The molecule has 144 valence electrons. The fraction of sp³-hybridized carbons (Fsp3) is 0.619. The van der Waals surface area contributed by atoms with Gasteiger partial charge in [-0.25, -0.2) is 9.97 Å². The molecule has 1 aromatic carbocycles. The van der Waals surface area contributed by atoms with Crippen LogP contribution in [0.1, 0.15) is 39.5 Å². The molecule has 6 heteroatoms. The molecule has 2 saturated carbocycles. The number of hydrogen-bond acceptors (Lipinski definition) is 6. The lowest BCUT2D eigenvalue weighted by Gasteiger charge is -2.57. The quantitative estimate of drug-likeness (QED) is 0.869. The van der Waals surface area contributed by atoms with Gasteiger partial charge in [-0.15, -0.1) is 0 Å². The molecule has 0 bridgehead atoms. The van der Waals surface area contributed by atoms with Crippen LogP contribution in [0.15, 0.2) is 24.4 Å². The molecule has 0 atom stereocenters. The first-order chi connectivity index (χ1) is 12.9. The maximum Gasteiger partial charge on any atom is 0.226 e. The van der Waals surface area contributed by atoms with Gasteiger partial charge in [-0.2, -0.15) is 0 Å². The third-order valence-corrected chi connectivity index (χ3v) is 6.40. The van der Waals surface area contributed by atoms with E-state index in [0.29, 0.717) is 24.1 Å². The van der Waals surface area contributed by atoms with Gasteiger partial charge in [0.15, 0.2) is 0 Å². The first kappa shape index (κ1) is 17.2. The molecule has 0 unspecified atom stereocenters. The lowest BCUT2D eigenvalue weighted by atomic mass is 9.52. The SMILES string of the molecule is CC1(C)CN(c2ncc3cc(NC4CC5(CC(N)C5)C4)ccc3n2)CCO1. The summed E-state index contributed by atoms with van der Waals surface area (Å²) in [7, 11) is 0. The molecule has 2 aliphatic carbocycles. The van der Waals surface area contributed by atoms with Gasteiger partial charge >= 0.3 is 0 Å². The van der Waals surface area contributed by atoms with E-state index >= 15 is 0 Å². The number of hydrogen-bond donors (Lipinski definition) is 2. The van der Waals surface area contributed by atoms with Crippen LogP contribution in [0.3, 0.4) is 0 Å². The second-order valence-corrected chi connectivity index (χ2v) is 9.39. The molecule has 0 radical (unpaired) electrons. The van der Waals surface area contributed by atoms with E-state index in [0.717, 1.165) is 35.6 Å². The Bertz CT molecular complexity index is 853. The van der Waals surface area contributed by atoms with Gasteiger partial charge in [0.1, 0.15) is 0 Å². The normalized spacial score (nSPS) is 32.2. The summed E-state index contributed by atoms with van der Waals surface area (Å²) in [4.78, 5) is 11.6. The molecule has 5 rings (SSSR count). The maximum atomic E-state index is 5.96. The Morgan fingerprint density at radius 2 is 2.04 bits per heavy atom. The highest BCUT2D eigenvalue weighted by Crippen LogP contribution is 2.55. The molecule has 1 saturated heterocycles. The summed E-state index contributed by atoms with van der Waals surface area (Å²) in [5, 5.41) is 4.75. The van der Waals surface area contributed by atoms with E-state index in [1.165, 1.54) is 25.7 Å². The Hall–Kier alpha value is -1.92. The summed E-state index contributed by atoms with van der Waals surface area (Å²) >= 11 is 0. The van der Waals surface area contributed by atoms with Crippen molar-refractivity contribution in [1.29, 1.82) is 0 Å². The maximum absolute atomic E-state index is 5.96. The number of rotatable bonds is 3.